The molecule has 10 heteroatoms. The number of nitrogens with zero attached hydrogens (tertiary/aromatic N) is 2. The van der Waals surface area contributed by atoms with E-state index in [1.165, 1.54) is 6.07 Å². The van der Waals surface area contributed by atoms with Gasteiger partial charge in [-0.15, -0.1) is 0 Å². The molecule has 0 radical (unpaired) electrons. The molecular weight excluding hydrogens is 402 g/mol. The summed E-state index contributed by atoms with van der Waals surface area (Å²) in [6, 6.07) is 3.68. The van der Waals surface area contributed by atoms with E-state index in [4.69, 9.17) is 17.3 Å². The van der Waals surface area contributed by atoms with Crippen LogP contribution in [0.4, 0.5) is 17.6 Å². The van der Waals surface area contributed by atoms with Crippen LogP contribution < -0.4 is 5.73 Å². The quantitative estimate of drug-likeness (QED) is 0.611. The Balaban J connectivity index is 1.98. The van der Waals surface area contributed by atoms with Crippen molar-refractivity contribution in [3.05, 3.63) is 63.9 Å². The minimum Gasteiger partial charge on any atom is -0.459 e. The summed E-state index contributed by atoms with van der Waals surface area (Å²) in [6.45, 7) is -0.0475. The van der Waals surface area contributed by atoms with E-state index in [1.54, 1.807) is 0 Å². The lowest BCUT2D eigenvalue weighted by Gasteiger charge is -2.37. The molecule has 2 N–H and O–H groups in total. The molecule has 2 aromatic rings. The van der Waals surface area contributed by atoms with E-state index in [9.17, 15) is 22.4 Å². The SMILES string of the molecule is C[C@]1(c2cc(CC(=O)c3ncc(Cl)cc3F)ccc2F)N=C(N)OCC1(F)F. The summed E-state index contributed by atoms with van der Waals surface area (Å²) in [5.41, 5.74) is 2.33. The van der Waals surface area contributed by atoms with Crippen molar-refractivity contribution in [2.45, 2.75) is 24.8 Å². The summed E-state index contributed by atoms with van der Waals surface area (Å²) in [5.74, 6) is -6.14. The average molecular weight is 416 g/mol. The first-order valence-corrected chi connectivity index (χ1v) is 8.40. The van der Waals surface area contributed by atoms with Crippen LogP contribution in [0.25, 0.3) is 0 Å². The fourth-order valence-corrected chi connectivity index (χ4v) is 2.99. The van der Waals surface area contributed by atoms with Crippen LogP contribution in [-0.2, 0) is 16.7 Å². The summed E-state index contributed by atoms with van der Waals surface area (Å²) in [4.78, 5) is 19.6. The highest BCUT2D eigenvalue weighted by Crippen LogP contribution is 2.44. The maximum Gasteiger partial charge on any atom is 0.310 e. The van der Waals surface area contributed by atoms with Crippen molar-refractivity contribution in [3.63, 3.8) is 0 Å². The van der Waals surface area contributed by atoms with Gasteiger partial charge in [-0.1, -0.05) is 17.7 Å². The Morgan fingerprint density at radius 1 is 1.29 bits per heavy atom. The number of aliphatic imine (C=N–C) groups is 1. The first-order valence-electron chi connectivity index (χ1n) is 8.02. The molecule has 1 aromatic carbocycles. The molecule has 1 aliphatic rings. The van der Waals surface area contributed by atoms with Gasteiger partial charge in [-0.3, -0.25) is 4.79 Å². The Bertz CT molecular complexity index is 983. The lowest BCUT2D eigenvalue weighted by Crippen LogP contribution is -2.51. The topological polar surface area (TPSA) is 77.6 Å². The molecule has 5 nitrogen and oxygen atoms in total. The highest BCUT2D eigenvalue weighted by atomic mass is 35.5. The summed E-state index contributed by atoms with van der Waals surface area (Å²) in [5, 5.41) is 0.0169. The summed E-state index contributed by atoms with van der Waals surface area (Å²) >= 11 is 5.60. The van der Waals surface area contributed by atoms with Crippen LogP contribution in [0.5, 0.6) is 0 Å². The first kappa shape index (κ1) is 20.1. The number of amidine groups is 1. The number of carbonyl (C=O) groups is 1. The zero-order valence-corrected chi connectivity index (χ0v) is 15.2. The molecule has 2 heterocycles. The van der Waals surface area contributed by atoms with Crippen molar-refractivity contribution in [3.8, 4) is 0 Å². The summed E-state index contributed by atoms with van der Waals surface area (Å²) in [6.07, 6.45) is 0.714. The number of hydrogen-bond acceptors (Lipinski definition) is 5. The highest BCUT2D eigenvalue weighted by molar-refractivity contribution is 6.30. The smallest absolute Gasteiger partial charge is 0.310 e. The lowest BCUT2D eigenvalue weighted by molar-refractivity contribution is -0.117. The average Bonchev–Trinajstić information content (AvgIpc) is 2.60. The third-order valence-electron chi connectivity index (χ3n) is 4.44. The summed E-state index contributed by atoms with van der Waals surface area (Å²) in [7, 11) is 0. The number of carbonyl (C=O) groups excluding carboxylic acids is 1. The number of ketones is 1. The van der Waals surface area contributed by atoms with Crippen molar-refractivity contribution in [2.24, 2.45) is 10.7 Å². The minimum atomic E-state index is -3.55. The molecule has 0 bridgehead atoms. The zero-order chi connectivity index (χ0) is 20.7. The number of halogens is 5. The van der Waals surface area contributed by atoms with Crippen LogP contribution in [0.1, 0.15) is 28.5 Å². The van der Waals surface area contributed by atoms with Crippen molar-refractivity contribution in [1.82, 2.24) is 4.98 Å². The van der Waals surface area contributed by atoms with E-state index in [0.29, 0.717) is 0 Å². The van der Waals surface area contributed by atoms with Gasteiger partial charge in [0.2, 0.25) is 0 Å². The Labute approximate surface area is 162 Å². The molecule has 0 spiro atoms. The predicted molar refractivity (Wildman–Crippen MR) is 93.5 cm³/mol. The fourth-order valence-electron chi connectivity index (χ4n) is 2.84. The molecule has 0 amide bonds. The van der Waals surface area contributed by atoms with Gasteiger partial charge in [-0.05, 0) is 30.7 Å². The van der Waals surface area contributed by atoms with Crippen molar-refractivity contribution < 1.29 is 27.1 Å². The molecule has 1 aliphatic heterocycles. The number of Topliss-reactive ketones (excluding diaryl/α,β-unsaturated/α-hetero) is 1. The Morgan fingerprint density at radius 2 is 2.00 bits per heavy atom. The van der Waals surface area contributed by atoms with Gasteiger partial charge in [-0.2, -0.15) is 8.78 Å². The maximum absolute atomic E-state index is 14.4. The molecule has 0 fully saturated rings. The van der Waals surface area contributed by atoms with E-state index >= 15 is 0 Å². The number of ether oxygens (including phenoxy) is 1. The molecule has 1 aromatic heterocycles. The number of aromatic nitrogens is 1. The van der Waals surface area contributed by atoms with Crippen LogP contribution in [-0.4, -0.2) is 29.3 Å². The second-order valence-corrected chi connectivity index (χ2v) is 6.85. The van der Waals surface area contributed by atoms with Gasteiger partial charge in [0.15, 0.2) is 23.7 Å². The maximum atomic E-state index is 14.4. The largest absolute Gasteiger partial charge is 0.459 e. The standard InChI is InChI=1S/C18H14ClF4N3O2/c1-17(18(22,23)8-28-16(24)26-17)11-4-9(2-3-12(11)20)5-14(27)15-13(21)6-10(19)7-25-15/h2-4,6-7H,5,8H2,1H3,(H2,24,26)/t17-/m1/s1. The summed E-state index contributed by atoms with van der Waals surface area (Å²) < 4.78 is 61.7. The number of rotatable bonds is 4. The highest BCUT2D eigenvalue weighted by Gasteiger charge is 2.56. The van der Waals surface area contributed by atoms with Gasteiger partial charge in [0.05, 0.1) is 5.02 Å². The number of benzene rings is 1. The third-order valence-corrected chi connectivity index (χ3v) is 4.65. The number of pyridine rings is 1. The third kappa shape index (κ3) is 3.54. The van der Waals surface area contributed by atoms with Crippen molar-refractivity contribution in [2.75, 3.05) is 6.61 Å². The van der Waals surface area contributed by atoms with Crippen LogP contribution in [0, 0.1) is 11.6 Å². The van der Waals surface area contributed by atoms with Crippen LogP contribution >= 0.6 is 11.6 Å². The second kappa shape index (κ2) is 7.05. The van der Waals surface area contributed by atoms with E-state index in [0.717, 1.165) is 31.3 Å². The van der Waals surface area contributed by atoms with Crippen LogP contribution in [0.15, 0.2) is 35.5 Å². The zero-order valence-electron chi connectivity index (χ0n) is 14.5. The van der Waals surface area contributed by atoms with E-state index in [-0.39, 0.29) is 10.6 Å². The monoisotopic (exact) mass is 415 g/mol. The van der Waals surface area contributed by atoms with Gasteiger partial charge in [0.25, 0.3) is 6.02 Å². The molecule has 0 saturated carbocycles. The number of hydrogen-bond donors (Lipinski definition) is 1. The predicted octanol–water partition coefficient (Wildman–Crippen LogP) is 3.63. The molecular formula is C18H14ClF4N3O2. The van der Waals surface area contributed by atoms with E-state index < -0.39 is 59.2 Å². The Kier molecular flexibility index (Phi) is 5.05. The van der Waals surface area contributed by atoms with Gasteiger partial charge < -0.3 is 10.5 Å². The Hall–Kier alpha value is -2.68. The molecule has 3 rings (SSSR count). The number of nitrogens with two attached hydrogens (primary N) is 1. The minimum absolute atomic E-state index is 0.0169. The van der Waals surface area contributed by atoms with Gasteiger partial charge in [0, 0.05) is 18.2 Å². The molecule has 0 saturated heterocycles. The van der Waals surface area contributed by atoms with Gasteiger partial charge in [0.1, 0.15) is 11.5 Å². The van der Waals surface area contributed by atoms with Crippen molar-refractivity contribution in [1.29, 1.82) is 0 Å². The molecule has 0 unspecified atom stereocenters. The second-order valence-electron chi connectivity index (χ2n) is 6.41. The van der Waals surface area contributed by atoms with Gasteiger partial charge in [-0.25, -0.2) is 18.8 Å². The number of alkyl halides is 2. The molecule has 0 aliphatic carbocycles. The fraction of sp³-hybridized carbons (Fsp3) is 0.278. The normalized spacial score (nSPS) is 21.0. The Morgan fingerprint density at radius 3 is 2.68 bits per heavy atom. The molecule has 148 valence electrons. The van der Waals surface area contributed by atoms with Crippen LogP contribution in [0.3, 0.4) is 0 Å². The van der Waals surface area contributed by atoms with Crippen molar-refractivity contribution >= 4 is 23.4 Å². The molecule has 28 heavy (non-hydrogen) atoms. The van der Waals surface area contributed by atoms with Crippen LogP contribution in [0.2, 0.25) is 5.02 Å². The lowest BCUT2D eigenvalue weighted by atomic mass is 9.84. The molecule has 1 atom stereocenters. The van der Waals surface area contributed by atoms with Gasteiger partial charge >= 0.3 is 5.92 Å². The first-order chi connectivity index (χ1) is 13.0. The van der Waals surface area contributed by atoms with E-state index in [1.807, 2.05) is 0 Å². The van der Waals surface area contributed by atoms with E-state index in [2.05, 4.69) is 14.7 Å².